The van der Waals surface area contributed by atoms with Crippen molar-refractivity contribution in [3.05, 3.63) is 35.4 Å². The summed E-state index contributed by atoms with van der Waals surface area (Å²) in [5.74, 6) is 1.23. The predicted octanol–water partition coefficient (Wildman–Crippen LogP) is 2.78. The molecule has 0 amide bonds. The SMILES string of the molecule is Cc1ccccc1CS(=O)(=O)NCC1CCN(CC(C)C)CC1. The first-order valence-corrected chi connectivity index (χ1v) is 10.2. The summed E-state index contributed by atoms with van der Waals surface area (Å²) < 4.78 is 27.4. The maximum atomic E-state index is 12.3. The van der Waals surface area contributed by atoms with Gasteiger partial charge in [0.2, 0.25) is 10.0 Å². The monoisotopic (exact) mass is 338 g/mol. The van der Waals surface area contributed by atoms with Crippen LogP contribution in [0.5, 0.6) is 0 Å². The molecule has 1 heterocycles. The Balaban J connectivity index is 1.78. The van der Waals surface area contributed by atoms with Gasteiger partial charge in [-0.1, -0.05) is 38.1 Å². The Kier molecular flexibility index (Phi) is 6.62. The van der Waals surface area contributed by atoms with Crippen molar-refractivity contribution in [2.75, 3.05) is 26.2 Å². The van der Waals surface area contributed by atoms with Gasteiger partial charge in [-0.2, -0.15) is 0 Å². The van der Waals surface area contributed by atoms with Crippen molar-refractivity contribution in [3.63, 3.8) is 0 Å². The van der Waals surface area contributed by atoms with Crippen LogP contribution in [0.1, 0.15) is 37.8 Å². The van der Waals surface area contributed by atoms with Crippen LogP contribution in [0.2, 0.25) is 0 Å². The lowest BCUT2D eigenvalue weighted by molar-refractivity contribution is 0.169. The molecule has 1 aliphatic rings. The zero-order chi connectivity index (χ0) is 16.9. The number of hydrogen-bond donors (Lipinski definition) is 1. The molecule has 4 nitrogen and oxygen atoms in total. The molecule has 0 aromatic heterocycles. The zero-order valence-corrected chi connectivity index (χ0v) is 15.4. The minimum atomic E-state index is -3.25. The van der Waals surface area contributed by atoms with Gasteiger partial charge in [0.1, 0.15) is 0 Å². The zero-order valence-electron chi connectivity index (χ0n) is 14.6. The van der Waals surface area contributed by atoms with E-state index in [1.165, 1.54) is 0 Å². The summed E-state index contributed by atoms with van der Waals surface area (Å²) in [5.41, 5.74) is 1.91. The summed E-state index contributed by atoms with van der Waals surface area (Å²) in [6, 6.07) is 7.67. The first-order valence-electron chi connectivity index (χ1n) is 8.60. The van der Waals surface area contributed by atoms with E-state index in [1.54, 1.807) is 0 Å². The van der Waals surface area contributed by atoms with E-state index in [9.17, 15) is 8.42 Å². The van der Waals surface area contributed by atoms with E-state index in [0.717, 1.165) is 43.6 Å². The normalized spacial score (nSPS) is 17.7. The van der Waals surface area contributed by atoms with Crippen LogP contribution in [-0.4, -0.2) is 39.5 Å². The molecule has 0 radical (unpaired) electrons. The van der Waals surface area contributed by atoms with Crippen LogP contribution in [0.3, 0.4) is 0 Å². The molecule has 0 saturated carbocycles. The van der Waals surface area contributed by atoms with Crippen molar-refractivity contribution in [1.29, 1.82) is 0 Å². The summed E-state index contributed by atoms with van der Waals surface area (Å²) in [6.07, 6.45) is 2.17. The van der Waals surface area contributed by atoms with Gasteiger partial charge in [0.05, 0.1) is 5.75 Å². The number of piperidine rings is 1. The Morgan fingerprint density at radius 3 is 2.48 bits per heavy atom. The molecule has 1 aliphatic heterocycles. The molecule has 0 atom stereocenters. The Hall–Kier alpha value is -0.910. The molecule has 23 heavy (non-hydrogen) atoms. The van der Waals surface area contributed by atoms with E-state index in [1.807, 2.05) is 31.2 Å². The maximum absolute atomic E-state index is 12.3. The lowest BCUT2D eigenvalue weighted by Gasteiger charge is -2.33. The minimum absolute atomic E-state index is 0.0753. The van der Waals surface area contributed by atoms with Crippen molar-refractivity contribution in [2.24, 2.45) is 11.8 Å². The summed E-state index contributed by atoms with van der Waals surface area (Å²) >= 11 is 0. The average Bonchev–Trinajstić information content (AvgIpc) is 2.48. The number of sulfonamides is 1. The second-order valence-corrected chi connectivity index (χ2v) is 8.98. The van der Waals surface area contributed by atoms with Crippen molar-refractivity contribution < 1.29 is 8.42 Å². The fraction of sp³-hybridized carbons (Fsp3) is 0.667. The molecule has 130 valence electrons. The van der Waals surface area contributed by atoms with Gasteiger partial charge in [0.15, 0.2) is 0 Å². The second kappa shape index (κ2) is 8.27. The minimum Gasteiger partial charge on any atom is -0.303 e. The van der Waals surface area contributed by atoms with Gasteiger partial charge >= 0.3 is 0 Å². The van der Waals surface area contributed by atoms with Gasteiger partial charge in [-0.3, -0.25) is 0 Å². The van der Waals surface area contributed by atoms with E-state index in [0.29, 0.717) is 18.4 Å². The van der Waals surface area contributed by atoms with Crippen molar-refractivity contribution in [3.8, 4) is 0 Å². The lowest BCUT2D eigenvalue weighted by Crippen LogP contribution is -2.40. The van der Waals surface area contributed by atoms with Gasteiger partial charge in [-0.15, -0.1) is 0 Å². The smallest absolute Gasteiger partial charge is 0.215 e. The summed E-state index contributed by atoms with van der Waals surface area (Å²) in [7, 11) is -3.25. The first kappa shape index (κ1) is 18.4. The maximum Gasteiger partial charge on any atom is 0.215 e. The number of hydrogen-bond acceptors (Lipinski definition) is 3. The van der Waals surface area contributed by atoms with Crippen LogP contribution in [0.25, 0.3) is 0 Å². The molecular formula is C18H30N2O2S. The molecule has 1 N–H and O–H groups in total. The highest BCUT2D eigenvalue weighted by atomic mass is 32.2. The van der Waals surface area contributed by atoms with Crippen LogP contribution >= 0.6 is 0 Å². The van der Waals surface area contributed by atoms with Crippen LogP contribution in [0.15, 0.2) is 24.3 Å². The lowest BCUT2D eigenvalue weighted by atomic mass is 9.96. The number of rotatable bonds is 7. The largest absolute Gasteiger partial charge is 0.303 e. The van der Waals surface area contributed by atoms with Gasteiger partial charge in [0, 0.05) is 13.1 Å². The molecule has 1 aromatic carbocycles. The number of nitrogens with zero attached hydrogens (tertiary/aromatic N) is 1. The molecule has 1 fully saturated rings. The number of benzene rings is 1. The van der Waals surface area contributed by atoms with E-state index in [-0.39, 0.29) is 5.75 Å². The van der Waals surface area contributed by atoms with E-state index < -0.39 is 10.0 Å². The Labute approximate surface area is 141 Å². The number of aryl methyl sites for hydroxylation is 1. The standard InChI is InChI=1S/C18H30N2O2S/c1-15(2)13-20-10-8-17(9-11-20)12-19-23(21,22)14-18-7-5-4-6-16(18)3/h4-7,15,17,19H,8-14H2,1-3H3. The van der Waals surface area contributed by atoms with E-state index in [2.05, 4.69) is 23.5 Å². The summed E-state index contributed by atoms with van der Waals surface area (Å²) in [6.45, 7) is 10.3. The molecule has 0 unspecified atom stereocenters. The molecular weight excluding hydrogens is 308 g/mol. The van der Waals surface area contributed by atoms with Gasteiger partial charge in [-0.05, 0) is 55.8 Å². The van der Waals surface area contributed by atoms with Gasteiger partial charge in [-0.25, -0.2) is 13.1 Å². The summed E-state index contributed by atoms with van der Waals surface area (Å²) in [4.78, 5) is 2.49. The van der Waals surface area contributed by atoms with Gasteiger partial charge < -0.3 is 4.90 Å². The molecule has 0 bridgehead atoms. The topological polar surface area (TPSA) is 49.4 Å². The molecule has 2 rings (SSSR count). The fourth-order valence-corrected chi connectivity index (χ4v) is 4.49. The Bertz CT molecular complexity index is 591. The van der Waals surface area contributed by atoms with Crippen LogP contribution < -0.4 is 4.72 Å². The fourth-order valence-electron chi connectivity index (χ4n) is 3.16. The highest BCUT2D eigenvalue weighted by molar-refractivity contribution is 7.88. The van der Waals surface area contributed by atoms with Gasteiger partial charge in [0.25, 0.3) is 0 Å². The predicted molar refractivity (Wildman–Crippen MR) is 95.8 cm³/mol. The van der Waals surface area contributed by atoms with Crippen LogP contribution in [0, 0.1) is 18.8 Å². The molecule has 0 aliphatic carbocycles. The third kappa shape index (κ3) is 6.24. The molecule has 1 aromatic rings. The number of likely N-dealkylation sites (tertiary alicyclic amines) is 1. The molecule has 0 spiro atoms. The highest BCUT2D eigenvalue weighted by Crippen LogP contribution is 2.18. The third-order valence-corrected chi connectivity index (χ3v) is 5.83. The second-order valence-electron chi connectivity index (χ2n) is 7.17. The van der Waals surface area contributed by atoms with Crippen LogP contribution in [0.4, 0.5) is 0 Å². The Morgan fingerprint density at radius 1 is 1.22 bits per heavy atom. The summed E-state index contributed by atoms with van der Waals surface area (Å²) in [5, 5.41) is 0. The van der Waals surface area contributed by atoms with Crippen molar-refractivity contribution in [1.82, 2.24) is 9.62 Å². The quantitative estimate of drug-likeness (QED) is 0.832. The highest BCUT2D eigenvalue weighted by Gasteiger charge is 2.21. The Morgan fingerprint density at radius 2 is 1.87 bits per heavy atom. The first-order chi connectivity index (χ1) is 10.9. The molecule has 1 saturated heterocycles. The van der Waals surface area contributed by atoms with Crippen molar-refractivity contribution in [2.45, 2.75) is 39.4 Å². The number of nitrogens with one attached hydrogen (secondary N) is 1. The van der Waals surface area contributed by atoms with E-state index in [4.69, 9.17) is 0 Å². The molecule has 5 heteroatoms. The average molecular weight is 339 g/mol. The third-order valence-electron chi connectivity index (χ3n) is 4.53. The van der Waals surface area contributed by atoms with Crippen molar-refractivity contribution >= 4 is 10.0 Å². The van der Waals surface area contributed by atoms with Crippen LogP contribution in [-0.2, 0) is 15.8 Å². The van der Waals surface area contributed by atoms with E-state index >= 15 is 0 Å².